The van der Waals surface area contributed by atoms with Gasteiger partial charge in [0.15, 0.2) is 0 Å². The fraction of sp³-hybridized carbons (Fsp3) is 0.429. The van der Waals surface area contributed by atoms with E-state index in [1.165, 1.54) is 12.6 Å². The minimum Gasteiger partial charge on any atom is -0.325 e. The molecule has 4 nitrogen and oxygen atoms in total. The van der Waals surface area contributed by atoms with E-state index in [2.05, 4.69) is 10.3 Å². The molecule has 1 aromatic carbocycles. The molecular weight excluding hydrogens is 348 g/mol. The molecule has 27 heavy (non-hydrogen) atoms. The first-order chi connectivity index (χ1) is 13.0. The quantitative estimate of drug-likeness (QED) is 0.788. The Morgan fingerprint density at radius 2 is 1.81 bits per heavy atom. The Hall–Kier alpha value is -2.34. The van der Waals surface area contributed by atoms with Crippen LogP contribution in [0, 0.1) is 12.8 Å². The van der Waals surface area contributed by atoms with E-state index in [1.807, 2.05) is 0 Å². The number of anilines is 1. The third-order valence-corrected chi connectivity index (χ3v) is 5.30. The van der Waals surface area contributed by atoms with E-state index in [0.717, 1.165) is 31.2 Å². The molecule has 1 aliphatic carbocycles. The summed E-state index contributed by atoms with van der Waals surface area (Å²) in [4.78, 5) is 16.2. The molecule has 2 aromatic rings. The zero-order chi connectivity index (χ0) is 19.4. The third-order valence-electron chi connectivity index (χ3n) is 5.30. The summed E-state index contributed by atoms with van der Waals surface area (Å²) in [6.45, 7) is 1.78. The van der Waals surface area contributed by atoms with E-state index < -0.39 is 12.5 Å². The van der Waals surface area contributed by atoms with Crippen LogP contribution in [0.4, 0.5) is 14.5 Å². The Balaban J connectivity index is 1.73. The average molecular weight is 373 g/mol. The lowest BCUT2D eigenvalue weighted by atomic mass is 9.84. The summed E-state index contributed by atoms with van der Waals surface area (Å²) in [5.41, 5.74) is 8.32. The molecule has 1 heterocycles. The van der Waals surface area contributed by atoms with Gasteiger partial charge in [-0.1, -0.05) is 31.4 Å². The second-order valence-electron chi connectivity index (χ2n) is 7.18. The minimum absolute atomic E-state index is 0.194. The van der Waals surface area contributed by atoms with Gasteiger partial charge in [-0.3, -0.25) is 9.78 Å². The van der Waals surface area contributed by atoms with E-state index in [0.29, 0.717) is 16.8 Å². The van der Waals surface area contributed by atoms with Gasteiger partial charge >= 0.3 is 0 Å². The van der Waals surface area contributed by atoms with Crippen molar-refractivity contribution in [1.82, 2.24) is 4.98 Å². The van der Waals surface area contributed by atoms with Crippen LogP contribution in [-0.4, -0.2) is 16.9 Å². The zero-order valence-corrected chi connectivity index (χ0v) is 15.4. The maximum Gasteiger partial charge on any atom is 0.280 e. The van der Waals surface area contributed by atoms with Gasteiger partial charge < -0.3 is 11.1 Å². The fourth-order valence-corrected chi connectivity index (χ4v) is 3.77. The normalized spacial score (nSPS) is 16.3. The van der Waals surface area contributed by atoms with Crippen molar-refractivity contribution in [2.45, 2.75) is 51.5 Å². The average Bonchev–Trinajstić information content (AvgIpc) is 2.68. The standard InChI is InChI=1S/C21H25F2N3O/c1-13-11-12-25-19(20(22)23)17(13)14-7-9-16(10-8-14)26-21(27)18(24)15-5-3-2-4-6-15/h7-12,15,18,20H,2-6,24H2,1H3,(H,26,27)/t18-/m0/s1. The van der Waals surface area contributed by atoms with Crippen LogP contribution in [0.5, 0.6) is 0 Å². The Bertz CT molecular complexity index is 787. The Morgan fingerprint density at radius 3 is 2.44 bits per heavy atom. The number of aromatic nitrogens is 1. The number of rotatable bonds is 5. The summed E-state index contributed by atoms with van der Waals surface area (Å²) >= 11 is 0. The van der Waals surface area contributed by atoms with Crippen molar-refractivity contribution in [1.29, 1.82) is 0 Å². The van der Waals surface area contributed by atoms with Gasteiger partial charge in [0.2, 0.25) is 5.91 Å². The topological polar surface area (TPSA) is 68.0 Å². The molecule has 0 spiro atoms. The number of carbonyl (C=O) groups is 1. The highest BCUT2D eigenvalue weighted by Gasteiger charge is 2.26. The molecule has 6 heteroatoms. The zero-order valence-electron chi connectivity index (χ0n) is 15.4. The van der Waals surface area contributed by atoms with Crippen LogP contribution >= 0.6 is 0 Å². The number of nitrogens with one attached hydrogen (secondary N) is 1. The highest BCUT2D eigenvalue weighted by molar-refractivity contribution is 5.95. The highest BCUT2D eigenvalue weighted by Crippen LogP contribution is 2.33. The number of amides is 1. The maximum absolute atomic E-state index is 13.3. The number of nitrogens with two attached hydrogens (primary N) is 1. The van der Waals surface area contributed by atoms with Crippen LogP contribution in [0.3, 0.4) is 0 Å². The molecule has 1 atom stereocenters. The molecule has 1 aliphatic rings. The second-order valence-corrected chi connectivity index (χ2v) is 7.18. The number of hydrogen-bond acceptors (Lipinski definition) is 3. The number of carbonyl (C=O) groups excluding carboxylic acids is 1. The molecule has 0 radical (unpaired) electrons. The van der Waals surface area contributed by atoms with Crippen LogP contribution in [0.25, 0.3) is 11.1 Å². The van der Waals surface area contributed by atoms with Gasteiger partial charge in [-0.25, -0.2) is 8.78 Å². The van der Waals surface area contributed by atoms with Gasteiger partial charge in [0.05, 0.1) is 6.04 Å². The molecular formula is C21H25F2N3O. The van der Waals surface area contributed by atoms with Gasteiger partial charge in [-0.15, -0.1) is 0 Å². The van der Waals surface area contributed by atoms with Crippen LogP contribution in [-0.2, 0) is 4.79 Å². The predicted octanol–water partition coefficient (Wildman–Crippen LogP) is 4.84. The molecule has 0 saturated heterocycles. The molecule has 1 amide bonds. The number of pyridine rings is 1. The van der Waals surface area contributed by atoms with Gasteiger partial charge in [0, 0.05) is 17.4 Å². The summed E-state index contributed by atoms with van der Waals surface area (Å²) in [6.07, 6.45) is 4.18. The molecule has 0 aliphatic heterocycles. The minimum atomic E-state index is -2.65. The van der Waals surface area contributed by atoms with E-state index in [1.54, 1.807) is 37.3 Å². The molecule has 1 fully saturated rings. The van der Waals surface area contributed by atoms with Crippen molar-refractivity contribution in [3.8, 4) is 11.1 Å². The highest BCUT2D eigenvalue weighted by atomic mass is 19.3. The van der Waals surface area contributed by atoms with Crippen molar-refractivity contribution >= 4 is 11.6 Å². The smallest absolute Gasteiger partial charge is 0.280 e. The van der Waals surface area contributed by atoms with Gasteiger partial charge in [-0.05, 0) is 55.0 Å². The summed E-state index contributed by atoms with van der Waals surface area (Å²) in [7, 11) is 0. The third kappa shape index (κ3) is 4.50. The fourth-order valence-electron chi connectivity index (χ4n) is 3.77. The molecule has 0 bridgehead atoms. The van der Waals surface area contributed by atoms with E-state index >= 15 is 0 Å². The maximum atomic E-state index is 13.3. The van der Waals surface area contributed by atoms with Crippen molar-refractivity contribution in [2.24, 2.45) is 11.7 Å². The van der Waals surface area contributed by atoms with Crippen LogP contribution in [0.2, 0.25) is 0 Å². The molecule has 3 rings (SSSR count). The monoisotopic (exact) mass is 373 g/mol. The number of hydrogen-bond donors (Lipinski definition) is 2. The van der Waals surface area contributed by atoms with E-state index in [4.69, 9.17) is 5.73 Å². The Kier molecular flexibility index (Phi) is 6.16. The van der Waals surface area contributed by atoms with Crippen LogP contribution in [0.15, 0.2) is 36.5 Å². The number of alkyl halides is 2. The molecule has 0 unspecified atom stereocenters. The van der Waals surface area contributed by atoms with Gasteiger partial charge in [-0.2, -0.15) is 0 Å². The van der Waals surface area contributed by atoms with Crippen molar-refractivity contribution in [3.63, 3.8) is 0 Å². The summed E-state index contributed by atoms with van der Waals surface area (Å²) in [5, 5.41) is 2.84. The summed E-state index contributed by atoms with van der Waals surface area (Å²) in [5.74, 6) is 0.0325. The summed E-state index contributed by atoms with van der Waals surface area (Å²) < 4.78 is 26.6. The Labute approximate surface area is 158 Å². The van der Waals surface area contributed by atoms with Crippen molar-refractivity contribution in [2.75, 3.05) is 5.32 Å². The van der Waals surface area contributed by atoms with Gasteiger partial charge in [0.25, 0.3) is 6.43 Å². The molecule has 3 N–H and O–H groups in total. The first-order valence-electron chi connectivity index (χ1n) is 9.38. The molecule has 144 valence electrons. The summed E-state index contributed by atoms with van der Waals surface area (Å²) in [6, 6.07) is 8.05. The van der Waals surface area contributed by atoms with E-state index in [9.17, 15) is 13.6 Å². The van der Waals surface area contributed by atoms with Gasteiger partial charge in [0.1, 0.15) is 5.69 Å². The number of halogens is 2. The lowest BCUT2D eigenvalue weighted by molar-refractivity contribution is -0.118. The predicted molar refractivity (Wildman–Crippen MR) is 103 cm³/mol. The number of aryl methyl sites for hydroxylation is 1. The Morgan fingerprint density at radius 1 is 1.15 bits per heavy atom. The first-order valence-corrected chi connectivity index (χ1v) is 9.38. The van der Waals surface area contributed by atoms with Crippen molar-refractivity contribution < 1.29 is 13.6 Å². The first kappa shape index (κ1) is 19.4. The van der Waals surface area contributed by atoms with E-state index in [-0.39, 0.29) is 17.5 Å². The van der Waals surface area contributed by atoms with Crippen molar-refractivity contribution in [3.05, 3.63) is 47.8 Å². The number of nitrogens with zero attached hydrogens (tertiary/aromatic N) is 1. The molecule has 1 aromatic heterocycles. The lowest BCUT2D eigenvalue weighted by Crippen LogP contribution is -2.42. The van der Waals surface area contributed by atoms with Crippen LogP contribution in [0.1, 0.15) is 49.8 Å². The largest absolute Gasteiger partial charge is 0.325 e. The molecule has 1 saturated carbocycles. The SMILES string of the molecule is Cc1ccnc(C(F)F)c1-c1ccc(NC(=O)[C@@H](N)C2CCCCC2)cc1. The van der Waals surface area contributed by atoms with Crippen LogP contribution < -0.4 is 11.1 Å². The second kappa shape index (κ2) is 8.57. The lowest BCUT2D eigenvalue weighted by Gasteiger charge is -2.26. The number of benzene rings is 1.